The van der Waals surface area contributed by atoms with Gasteiger partial charge in [0.15, 0.2) is 0 Å². The lowest BCUT2D eigenvalue weighted by Gasteiger charge is -2.13. The molecule has 0 atom stereocenters. The fourth-order valence-electron chi connectivity index (χ4n) is 1.68. The summed E-state index contributed by atoms with van der Waals surface area (Å²) in [6, 6.07) is 8.44. The van der Waals surface area contributed by atoms with Gasteiger partial charge in [-0.05, 0) is 24.6 Å². The third-order valence-electron chi connectivity index (χ3n) is 2.68. The number of thiazole rings is 1. The molecule has 0 radical (unpaired) electrons. The maximum absolute atomic E-state index is 4.50. The fourth-order valence-corrected chi connectivity index (χ4v) is 2.59. The quantitative estimate of drug-likeness (QED) is 0.887. The monoisotopic (exact) mass is 260 g/mol. The molecule has 0 spiro atoms. The number of hydrogen-bond donors (Lipinski definition) is 1. The van der Waals surface area contributed by atoms with Crippen LogP contribution in [-0.4, -0.2) is 4.98 Å². The summed E-state index contributed by atoms with van der Waals surface area (Å²) in [5.41, 5.74) is 2.59. The summed E-state index contributed by atoms with van der Waals surface area (Å²) in [6.07, 6.45) is 1.98. The highest BCUT2D eigenvalue weighted by Gasteiger charge is 2.17. The van der Waals surface area contributed by atoms with Crippen molar-refractivity contribution in [3.63, 3.8) is 0 Å². The molecule has 0 saturated heterocycles. The Balaban J connectivity index is 2.01. The van der Waals surface area contributed by atoms with Crippen LogP contribution in [0, 0.1) is 6.92 Å². The van der Waals surface area contributed by atoms with Crippen molar-refractivity contribution < 1.29 is 0 Å². The standard InChI is InChI=1S/C15H20N2S/c1-11-6-5-7-12(8-11)16-9-13-10-17-14(18-13)15(2,3)4/h5-8,10,16H,9H2,1-4H3. The van der Waals surface area contributed by atoms with E-state index in [-0.39, 0.29) is 5.41 Å². The molecular weight excluding hydrogens is 240 g/mol. The van der Waals surface area contributed by atoms with Crippen LogP contribution in [0.3, 0.4) is 0 Å². The highest BCUT2D eigenvalue weighted by molar-refractivity contribution is 7.11. The van der Waals surface area contributed by atoms with Crippen molar-refractivity contribution in [3.05, 3.63) is 45.9 Å². The second-order valence-corrected chi connectivity index (χ2v) is 6.72. The summed E-state index contributed by atoms with van der Waals surface area (Å²) < 4.78 is 0. The number of aromatic nitrogens is 1. The lowest BCUT2D eigenvalue weighted by molar-refractivity contribution is 0.585. The molecular formula is C15H20N2S. The summed E-state index contributed by atoms with van der Waals surface area (Å²) in [4.78, 5) is 5.77. The van der Waals surface area contributed by atoms with E-state index in [1.807, 2.05) is 6.20 Å². The predicted molar refractivity (Wildman–Crippen MR) is 79.3 cm³/mol. The Morgan fingerprint density at radius 2 is 2.06 bits per heavy atom. The Hall–Kier alpha value is -1.35. The van der Waals surface area contributed by atoms with Gasteiger partial charge in [-0.25, -0.2) is 4.98 Å². The molecule has 0 amide bonds. The van der Waals surface area contributed by atoms with E-state index in [0.717, 1.165) is 6.54 Å². The molecule has 2 nitrogen and oxygen atoms in total. The van der Waals surface area contributed by atoms with Crippen LogP contribution in [-0.2, 0) is 12.0 Å². The maximum Gasteiger partial charge on any atom is 0.0981 e. The van der Waals surface area contributed by atoms with Gasteiger partial charge >= 0.3 is 0 Å². The number of benzene rings is 1. The normalized spacial score (nSPS) is 11.6. The Kier molecular flexibility index (Phi) is 3.71. The minimum Gasteiger partial charge on any atom is -0.380 e. The lowest BCUT2D eigenvalue weighted by Crippen LogP contribution is -2.09. The zero-order valence-corrected chi connectivity index (χ0v) is 12.3. The molecule has 0 aliphatic heterocycles. The van der Waals surface area contributed by atoms with Crippen LogP contribution in [0.5, 0.6) is 0 Å². The molecule has 2 rings (SSSR count). The van der Waals surface area contributed by atoms with Crippen LogP contribution in [0.4, 0.5) is 5.69 Å². The molecule has 18 heavy (non-hydrogen) atoms. The first-order valence-electron chi connectivity index (χ1n) is 6.21. The van der Waals surface area contributed by atoms with Gasteiger partial charge in [-0.2, -0.15) is 0 Å². The van der Waals surface area contributed by atoms with Gasteiger partial charge in [0.05, 0.1) is 11.6 Å². The van der Waals surface area contributed by atoms with E-state index in [0.29, 0.717) is 0 Å². The molecule has 1 aromatic heterocycles. The van der Waals surface area contributed by atoms with Gasteiger partial charge in [-0.1, -0.05) is 32.9 Å². The number of nitrogens with one attached hydrogen (secondary N) is 1. The average molecular weight is 260 g/mol. The van der Waals surface area contributed by atoms with Crippen molar-refractivity contribution in [1.29, 1.82) is 0 Å². The van der Waals surface area contributed by atoms with Crippen molar-refractivity contribution >= 4 is 17.0 Å². The van der Waals surface area contributed by atoms with E-state index < -0.39 is 0 Å². The molecule has 0 saturated carbocycles. The van der Waals surface area contributed by atoms with Crippen molar-refractivity contribution in [2.75, 3.05) is 5.32 Å². The first-order valence-corrected chi connectivity index (χ1v) is 7.02. The maximum atomic E-state index is 4.50. The molecule has 0 bridgehead atoms. The van der Waals surface area contributed by atoms with E-state index in [1.165, 1.54) is 21.1 Å². The Labute approximate surface area is 113 Å². The number of aryl methyl sites for hydroxylation is 1. The molecule has 1 aromatic carbocycles. The number of nitrogens with zero attached hydrogens (tertiary/aromatic N) is 1. The third-order valence-corrected chi connectivity index (χ3v) is 4.10. The topological polar surface area (TPSA) is 24.9 Å². The Morgan fingerprint density at radius 1 is 1.28 bits per heavy atom. The highest BCUT2D eigenvalue weighted by atomic mass is 32.1. The first-order chi connectivity index (χ1) is 8.45. The molecule has 0 unspecified atom stereocenters. The van der Waals surface area contributed by atoms with Crippen LogP contribution in [0.2, 0.25) is 0 Å². The minimum atomic E-state index is 0.145. The van der Waals surface area contributed by atoms with Gasteiger partial charge in [0.2, 0.25) is 0 Å². The van der Waals surface area contributed by atoms with Crippen molar-refractivity contribution in [2.24, 2.45) is 0 Å². The minimum absolute atomic E-state index is 0.145. The van der Waals surface area contributed by atoms with E-state index >= 15 is 0 Å². The molecule has 3 heteroatoms. The summed E-state index contributed by atoms with van der Waals surface area (Å²) in [5.74, 6) is 0. The Bertz CT molecular complexity index is 523. The molecule has 2 aromatic rings. The second kappa shape index (κ2) is 5.11. The average Bonchev–Trinajstić information content (AvgIpc) is 2.74. The van der Waals surface area contributed by atoms with Gasteiger partial charge in [0, 0.05) is 22.2 Å². The smallest absolute Gasteiger partial charge is 0.0981 e. The summed E-state index contributed by atoms with van der Waals surface area (Å²) in [6.45, 7) is 9.55. The van der Waals surface area contributed by atoms with Crippen molar-refractivity contribution in [3.8, 4) is 0 Å². The van der Waals surface area contributed by atoms with E-state index in [4.69, 9.17) is 0 Å². The molecule has 1 N–H and O–H groups in total. The van der Waals surface area contributed by atoms with Gasteiger partial charge in [-0.3, -0.25) is 0 Å². The lowest BCUT2D eigenvalue weighted by atomic mass is 9.98. The fraction of sp³-hybridized carbons (Fsp3) is 0.400. The van der Waals surface area contributed by atoms with Gasteiger partial charge < -0.3 is 5.32 Å². The highest BCUT2D eigenvalue weighted by Crippen LogP contribution is 2.27. The molecule has 96 valence electrons. The van der Waals surface area contributed by atoms with Crippen LogP contribution in [0.15, 0.2) is 30.5 Å². The van der Waals surface area contributed by atoms with Gasteiger partial charge in [-0.15, -0.1) is 11.3 Å². The predicted octanol–water partition coefficient (Wildman–Crippen LogP) is 4.36. The summed E-state index contributed by atoms with van der Waals surface area (Å²) >= 11 is 1.79. The van der Waals surface area contributed by atoms with Gasteiger partial charge in [0.1, 0.15) is 0 Å². The second-order valence-electron chi connectivity index (χ2n) is 5.60. The van der Waals surface area contributed by atoms with Crippen LogP contribution in [0.25, 0.3) is 0 Å². The SMILES string of the molecule is Cc1cccc(NCc2cnc(C(C)(C)C)s2)c1. The summed E-state index contributed by atoms with van der Waals surface area (Å²) in [5, 5.41) is 4.63. The first kappa shape index (κ1) is 13.1. The zero-order chi connectivity index (χ0) is 13.2. The van der Waals surface area contributed by atoms with E-state index in [1.54, 1.807) is 11.3 Å². The largest absolute Gasteiger partial charge is 0.380 e. The van der Waals surface area contributed by atoms with E-state index in [9.17, 15) is 0 Å². The van der Waals surface area contributed by atoms with Crippen LogP contribution < -0.4 is 5.32 Å². The Morgan fingerprint density at radius 3 is 2.67 bits per heavy atom. The third kappa shape index (κ3) is 3.33. The van der Waals surface area contributed by atoms with E-state index in [2.05, 4.69) is 62.3 Å². The summed E-state index contributed by atoms with van der Waals surface area (Å²) in [7, 11) is 0. The number of hydrogen-bond acceptors (Lipinski definition) is 3. The van der Waals surface area contributed by atoms with Crippen LogP contribution in [0.1, 0.15) is 36.2 Å². The zero-order valence-electron chi connectivity index (χ0n) is 11.4. The van der Waals surface area contributed by atoms with Gasteiger partial charge in [0.25, 0.3) is 0 Å². The van der Waals surface area contributed by atoms with Crippen molar-refractivity contribution in [2.45, 2.75) is 39.7 Å². The van der Waals surface area contributed by atoms with Crippen LogP contribution >= 0.6 is 11.3 Å². The molecule has 0 aliphatic carbocycles. The molecule has 0 aliphatic rings. The number of anilines is 1. The molecule has 0 fully saturated rings. The molecule has 1 heterocycles. The number of rotatable bonds is 3. The van der Waals surface area contributed by atoms with Crippen molar-refractivity contribution in [1.82, 2.24) is 4.98 Å².